The van der Waals surface area contributed by atoms with Crippen molar-refractivity contribution >= 4 is 15.8 Å². The molecule has 3 aromatic rings. The normalized spacial score (nSPS) is 15.9. The highest BCUT2D eigenvalue weighted by molar-refractivity contribution is 7.89. The van der Waals surface area contributed by atoms with Crippen molar-refractivity contribution in [2.75, 3.05) is 31.1 Å². The standard InChI is InChI=1S/C21H17F6N5O2S/c22-20(23,24)15-11-16(21(25,26)27)13-17(12-15)35(33,34)32-9-7-31(8-10-32)19-2-1-18(29-30-19)14-3-5-28-6-4-14/h1-6,11-13H,7-10H2. The smallest absolute Gasteiger partial charge is 0.352 e. The summed E-state index contributed by atoms with van der Waals surface area (Å²) in [6.07, 6.45) is -7.09. The number of hydrogen-bond donors (Lipinski definition) is 0. The van der Waals surface area contributed by atoms with Gasteiger partial charge in [0.05, 0.1) is 21.7 Å². The molecule has 3 heterocycles. The lowest BCUT2D eigenvalue weighted by Gasteiger charge is -2.34. The summed E-state index contributed by atoms with van der Waals surface area (Å²) in [5.74, 6) is 0.457. The zero-order valence-electron chi connectivity index (χ0n) is 17.8. The van der Waals surface area contributed by atoms with Crippen LogP contribution in [0.4, 0.5) is 32.2 Å². The molecule has 14 heteroatoms. The third kappa shape index (κ3) is 5.37. The number of nitrogens with zero attached hydrogens (tertiary/aromatic N) is 5. The Morgan fingerprint density at radius 3 is 1.80 bits per heavy atom. The van der Waals surface area contributed by atoms with E-state index in [1.165, 1.54) is 0 Å². The predicted molar refractivity (Wildman–Crippen MR) is 113 cm³/mol. The van der Waals surface area contributed by atoms with Crippen molar-refractivity contribution in [2.45, 2.75) is 17.2 Å². The Morgan fingerprint density at radius 2 is 1.31 bits per heavy atom. The lowest BCUT2D eigenvalue weighted by molar-refractivity contribution is -0.143. The number of halogens is 6. The first-order chi connectivity index (χ1) is 16.4. The average Bonchev–Trinajstić information content (AvgIpc) is 2.83. The first kappa shape index (κ1) is 24.9. The summed E-state index contributed by atoms with van der Waals surface area (Å²) in [4.78, 5) is 4.59. The second-order valence-corrected chi connectivity index (χ2v) is 9.58. The number of aromatic nitrogens is 3. The molecule has 0 unspecified atom stereocenters. The van der Waals surface area contributed by atoms with Crippen molar-refractivity contribution in [1.82, 2.24) is 19.5 Å². The van der Waals surface area contributed by atoms with Gasteiger partial charge in [-0.05, 0) is 42.5 Å². The number of pyridine rings is 1. The van der Waals surface area contributed by atoms with Gasteiger partial charge in [-0.15, -0.1) is 10.2 Å². The Labute approximate surface area is 196 Å². The Kier molecular flexibility index (Phi) is 6.44. The van der Waals surface area contributed by atoms with Crippen LogP contribution in [-0.2, 0) is 22.4 Å². The molecule has 0 spiro atoms. The van der Waals surface area contributed by atoms with Gasteiger partial charge in [-0.3, -0.25) is 4.98 Å². The highest BCUT2D eigenvalue weighted by atomic mass is 32.2. The van der Waals surface area contributed by atoms with E-state index >= 15 is 0 Å². The summed E-state index contributed by atoms with van der Waals surface area (Å²) in [5.41, 5.74) is -1.97. The van der Waals surface area contributed by atoms with Crippen molar-refractivity contribution in [1.29, 1.82) is 0 Å². The second-order valence-electron chi connectivity index (χ2n) is 7.65. The van der Waals surface area contributed by atoms with E-state index < -0.39 is 38.4 Å². The fourth-order valence-electron chi connectivity index (χ4n) is 3.55. The van der Waals surface area contributed by atoms with E-state index in [0.29, 0.717) is 11.5 Å². The number of piperazine rings is 1. The van der Waals surface area contributed by atoms with E-state index in [-0.39, 0.29) is 44.4 Å². The van der Waals surface area contributed by atoms with Crippen molar-refractivity contribution in [3.63, 3.8) is 0 Å². The monoisotopic (exact) mass is 517 g/mol. The molecule has 7 nitrogen and oxygen atoms in total. The quantitative estimate of drug-likeness (QED) is 0.486. The van der Waals surface area contributed by atoms with Crippen LogP contribution in [0.2, 0.25) is 0 Å². The molecule has 0 amide bonds. The van der Waals surface area contributed by atoms with Crippen LogP contribution in [0, 0.1) is 0 Å². The zero-order valence-corrected chi connectivity index (χ0v) is 18.6. The van der Waals surface area contributed by atoms with E-state index in [9.17, 15) is 34.8 Å². The van der Waals surface area contributed by atoms with Crippen LogP contribution in [0.1, 0.15) is 11.1 Å². The van der Waals surface area contributed by atoms with Crippen molar-refractivity contribution < 1.29 is 34.8 Å². The minimum Gasteiger partial charge on any atom is -0.352 e. The number of alkyl halides is 6. The summed E-state index contributed by atoms with van der Waals surface area (Å²) < 4.78 is 106. The highest BCUT2D eigenvalue weighted by Crippen LogP contribution is 2.38. The molecule has 0 saturated carbocycles. The molecule has 4 rings (SSSR count). The van der Waals surface area contributed by atoms with Crippen LogP contribution in [0.25, 0.3) is 11.3 Å². The molecule has 0 atom stereocenters. The topological polar surface area (TPSA) is 79.3 Å². The molecule has 0 aliphatic carbocycles. The van der Waals surface area contributed by atoms with Gasteiger partial charge in [-0.25, -0.2) is 8.42 Å². The first-order valence-corrected chi connectivity index (χ1v) is 11.6. The molecule has 35 heavy (non-hydrogen) atoms. The molecule has 0 radical (unpaired) electrons. The number of anilines is 1. The number of hydrogen-bond acceptors (Lipinski definition) is 6. The SMILES string of the molecule is O=S(=O)(c1cc(C(F)(F)F)cc(C(F)(F)F)c1)N1CCN(c2ccc(-c3ccncc3)nn2)CC1. The van der Waals surface area contributed by atoms with Gasteiger partial charge in [0.15, 0.2) is 5.82 Å². The minimum absolute atomic E-state index is 0.106. The Balaban J connectivity index is 1.52. The maximum atomic E-state index is 13.1. The predicted octanol–water partition coefficient (Wildman–Crippen LogP) is 4.09. The molecular weight excluding hydrogens is 500 g/mol. The fourth-order valence-corrected chi connectivity index (χ4v) is 5.05. The lowest BCUT2D eigenvalue weighted by atomic mass is 10.1. The van der Waals surface area contributed by atoms with Gasteiger partial charge in [0, 0.05) is 44.1 Å². The van der Waals surface area contributed by atoms with Crippen LogP contribution in [-0.4, -0.2) is 54.1 Å². The molecular formula is C21H17F6N5O2S. The van der Waals surface area contributed by atoms with E-state index in [2.05, 4.69) is 15.2 Å². The molecule has 0 bridgehead atoms. The number of benzene rings is 1. The van der Waals surface area contributed by atoms with E-state index in [1.807, 2.05) is 0 Å². The molecule has 2 aromatic heterocycles. The van der Waals surface area contributed by atoms with Gasteiger partial charge < -0.3 is 4.90 Å². The summed E-state index contributed by atoms with van der Waals surface area (Å²) in [7, 11) is -4.61. The molecule has 1 saturated heterocycles. The van der Waals surface area contributed by atoms with Gasteiger partial charge in [-0.2, -0.15) is 30.6 Å². The minimum atomic E-state index is -5.15. The maximum Gasteiger partial charge on any atom is 0.416 e. The molecule has 0 N–H and O–H groups in total. The Bertz CT molecular complexity index is 1260. The van der Waals surface area contributed by atoms with Gasteiger partial charge in [0.2, 0.25) is 10.0 Å². The molecule has 1 aliphatic heterocycles. The van der Waals surface area contributed by atoms with Crippen LogP contribution >= 0.6 is 0 Å². The summed E-state index contributed by atoms with van der Waals surface area (Å²) in [6, 6.07) is 7.26. The van der Waals surface area contributed by atoms with Crippen LogP contribution in [0.15, 0.2) is 59.8 Å². The van der Waals surface area contributed by atoms with Crippen LogP contribution < -0.4 is 4.90 Å². The maximum absolute atomic E-state index is 13.1. The fraction of sp³-hybridized carbons (Fsp3) is 0.286. The van der Waals surface area contributed by atoms with Gasteiger partial charge >= 0.3 is 12.4 Å². The number of sulfonamides is 1. The largest absolute Gasteiger partial charge is 0.416 e. The summed E-state index contributed by atoms with van der Waals surface area (Å²) in [6.45, 7) is -0.0807. The van der Waals surface area contributed by atoms with Gasteiger partial charge in [-0.1, -0.05) is 0 Å². The van der Waals surface area contributed by atoms with E-state index in [0.717, 1.165) is 9.87 Å². The zero-order chi connectivity index (χ0) is 25.4. The highest BCUT2D eigenvalue weighted by Gasteiger charge is 2.39. The molecule has 1 fully saturated rings. The van der Waals surface area contributed by atoms with Crippen LogP contribution in [0.5, 0.6) is 0 Å². The lowest BCUT2D eigenvalue weighted by Crippen LogP contribution is -2.49. The second kappa shape index (κ2) is 9.07. The molecule has 1 aromatic carbocycles. The Morgan fingerprint density at radius 1 is 0.743 bits per heavy atom. The van der Waals surface area contributed by atoms with Crippen molar-refractivity contribution in [3.8, 4) is 11.3 Å². The van der Waals surface area contributed by atoms with Crippen molar-refractivity contribution in [3.05, 3.63) is 66.0 Å². The average molecular weight is 517 g/mol. The third-order valence-corrected chi connectivity index (χ3v) is 7.26. The Hall–Kier alpha value is -3.26. The van der Waals surface area contributed by atoms with E-state index in [4.69, 9.17) is 0 Å². The third-order valence-electron chi connectivity index (χ3n) is 5.39. The van der Waals surface area contributed by atoms with Gasteiger partial charge in [0.25, 0.3) is 0 Å². The summed E-state index contributed by atoms with van der Waals surface area (Å²) >= 11 is 0. The molecule has 1 aliphatic rings. The van der Waals surface area contributed by atoms with E-state index in [1.54, 1.807) is 41.6 Å². The van der Waals surface area contributed by atoms with Crippen molar-refractivity contribution in [2.24, 2.45) is 0 Å². The number of rotatable bonds is 4. The first-order valence-electron chi connectivity index (χ1n) is 10.1. The van der Waals surface area contributed by atoms with Gasteiger partial charge in [0.1, 0.15) is 0 Å². The molecule has 186 valence electrons. The van der Waals surface area contributed by atoms with Crippen LogP contribution in [0.3, 0.4) is 0 Å². The summed E-state index contributed by atoms with van der Waals surface area (Å²) in [5, 5.41) is 8.28.